The second-order valence-electron chi connectivity index (χ2n) is 2.96. The van der Waals surface area contributed by atoms with E-state index in [-0.39, 0.29) is 18.1 Å². The van der Waals surface area contributed by atoms with Gasteiger partial charge in [-0.15, -0.1) is 0 Å². The summed E-state index contributed by atoms with van der Waals surface area (Å²) in [6.07, 6.45) is 2.05. The Morgan fingerprint density at radius 3 is 2.15 bits per heavy atom. The molecule has 0 aliphatic heterocycles. The van der Waals surface area contributed by atoms with Gasteiger partial charge in [0.25, 0.3) is 0 Å². The fraction of sp³-hybridized carbons (Fsp3) is 0.400. The van der Waals surface area contributed by atoms with E-state index in [4.69, 9.17) is 5.11 Å². The molecule has 1 aromatic rings. The molecular formula is C10H14O3. The lowest BCUT2D eigenvalue weighted by atomic mass is 10.1. The van der Waals surface area contributed by atoms with Gasteiger partial charge in [0, 0.05) is 12.2 Å². The first-order valence-electron chi connectivity index (χ1n) is 4.36. The predicted octanol–water partition coefficient (Wildman–Crippen LogP) is 1.41. The van der Waals surface area contributed by atoms with Crippen LogP contribution in [0.15, 0.2) is 18.2 Å². The molecule has 0 spiro atoms. The lowest BCUT2D eigenvalue weighted by Gasteiger charge is -2.05. The zero-order valence-corrected chi connectivity index (χ0v) is 7.40. The number of rotatable bonds is 4. The monoisotopic (exact) mass is 182 g/mol. The molecule has 0 heterocycles. The van der Waals surface area contributed by atoms with Gasteiger partial charge in [-0.1, -0.05) is 6.07 Å². The van der Waals surface area contributed by atoms with Crippen LogP contribution < -0.4 is 0 Å². The van der Waals surface area contributed by atoms with E-state index in [9.17, 15) is 10.2 Å². The second kappa shape index (κ2) is 4.72. The van der Waals surface area contributed by atoms with Gasteiger partial charge in [-0.3, -0.25) is 0 Å². The number of aromatic hydroxyl groups is 2. The Hall–Kier alpha value is -1.22. The third-order valence-corrected chi connectivity index (χ3v) is 1.96. The minimum atomic E-state index is 0.123. The van der Waals surface area contributed by atoms with Gasteiger partial charge in [0.15, 0.2) is 0 Å². The third kappa shape index (κ3) is 2.63. The van der Waals surface area contributed by atoms with Gasteiger partial charge in [0.1, 0.15) is 11.5 Å². The van der Waals surface area contributed by atoms with Crippen LogP contribution in [0.1, 0.15) is 18.4 Å². The highest BCUT2D eigenvalue weighted by Crippen LogP contribution is 2.27. The molecule has 0 saturated carbocycles. The van der Waals surface area contributed by atoms with Gasteiger partial charge in [-0.2, -0.15) is 0 Å². The zero-order valence-electron chi connectivity index (χ0n) is 7.40. The molecule has 3 nitrogen and oxygen atoms in total. The number of aliphatic hydroxyl groups excluding tert-OH is 1. The molecule has 72 valence electrons. The first-order valence-corrected chi connectivity index (χ1v) is 4.36. The Morgan fingerprint density at radius 2 is 1.62 bits per heavy atom. The Labute approximate surface area is 77.3 Å². The fourth-order valence-corrected chi connectivity index (χ4v) is 1.23. The van der Waals surface area contributed by atoms with Gasteiger partial charge in [0.2, 0.25) is 0 Å². The van der Waals surface area contributed by atoms with Crippen molar-refractivity contribution < 1.29 is 15.3 Å². The highest BCUT2D eigenvalue weighted by molar-refractivity contribution is 5.42. The van der Waals surface area contributed by atoms with Crippen molar-refractivity contribution in [1.82, 2.24) is 0 Å². The SMILES string of the molecule is OCCCCc1c(O)cccc1O. The summed E-state index contributed by atoms with van der Waals surface area (Å²) < 4.78 is 0. The Balaban J connectivity index is 2.64. The van der Waals surface area contributed by atoms with E-state index in [1.807, 2.05) is 0 Å². The van der Waals surface area contributed by atoms with Crippen LogP contribution in [0.25, 0.3) is 0 Å². The molecule has 13 heavy (non-hydrogen) atoms. The largest absolute Gasteiger partial charge is 0.508 e. The van der Waals surface area contributed by atoms with Gasteiger partial charge in [-0.05, 0) is 31.4 Å². The van der Waals surface area contributed by atoms with Crippen molar-refractivity contribution in [3.63, 3.8) is 0 Å². The number of unbranched alkanes of at least 4 members (excludes halogenated alkanes) is 1. The maximum Gasteiger partial charge on any atom is 0.122 e. The summed E-state index contributed by atoms with van der Waals surface area (Å²) in [5, 5.41) is 27.3. The molecule has 0 saturated heterocycles. The molecule has 0 aromatic heterocycles. The Kier molecular flexibility index (Phi) is 3.58. The van der Waals surface area contributed by atoms with E-state index in [2.05, 4.69) is 0 Å². The van der Waals surface area contributed by atoms with Crippen molar-refractivity contribution in [2.24, 2.45) is 0 Å². The molecule has 3 N–H and O–H groups in total. The van der Waals surface area contributed by atoms with Crippen LogP contribution in [0, 0.1) is 0 Å². The molecule has 0 radical (unpaired) electrons. The normalized spacial score (nSPS) is 10.2. The van der Waals surface area contributed by atoms with Crippen LogP contribution in [0.2, 0.25) is 0 Å². The number of phenolic OH excluding ortho intramolecular Hbond substituents is 2. The van der Waals surface area contributed by atoms with Crippen molar-refractivity contribution in [1.29, 1.82) is 0 Å². The van der Waals surface area contributed by atoms with Crippen LogP contribution in [0.3, 0.4) is 0 Å². The van der Waals surface area contributed by atoms with Gasteiger partial charge >= 0.3 is 0 Å². The molecule has 0 amide bonds. The lowest BCUT2D eigenvalue weighted by Crippen LogP contribution is -1.89. The summed E-state index contributed by atoms with van der Waals surface area (Å²) in [5.41, 5.74) is 0.566. The standard InChI is InChI=1S/C10H14O3/c11-7-2-1-4-8-9(12)5-3-6-10(8)13/h3,5-6,11-13H,1-2,4,7H2. The molecule has 0 fully saturated rings. The van der Waals surface area contributed by atoms with Gasteiger partial charge in [-0.25, -0.2) is 0 Å². The first-order chi connectivity index (χ1) is 6.25. The van der Waals surface area contributed by atoms with Crippen LogP contribution >= 0.6 is 0 Å². The van der Waals surface area contributed by atoms with Crippen LogP contribution in [-0.4, -0.2) is 21.9 Å². The van der Waals surface area contributed by atoms with Crippen molar-refractivity contribution in [2.75, 3.05) is 6.61 Å². The quantitative estimate of drug-likeness (QED) is 0.617. The minimum absolute atomic E-state index is 0.123. The number of benzene rings is 1. The molecule has 0 bridgehead atoms. The zero-order chi connectivity index (χ0) is 9.68. The van der Waals surface area contributed by atoms with Crippen molar-refractivity contribution in [2.45, 2.75) is 19.3 Å². The fourth-order valence-electron chi connectivity index (χ4n) is 1.23. The van der Waals surface area contributed by atoms with Gasteiger partial charge in [0.05, 0.1) is 0 Å². The molecular weight excluding hydrogens is 168 g/mol. The number of phenols is 2. The lowest BCUT2D eigenvalue weighted by molar-refractivity contribution is 0.284. The van der Waals surface area contributed by atoms with E-state index in [1.54, 1.807) is 18.2 Å². The highest BCUT2D eigenvalue weighted by Gasteiger charge is 2.05. The summed E-state index contributed by atoms with van der Waals surface area (Å²) in [7, 11) is 0. The second-order valence-corrected chi connectivity index (χ2v) is 2.96. The summed E-state index contributed by atoms with van der Waals surface area (Å²) in [6, 6.07) is 4.70. The summed E-state index contributed by atoms with van der Waals surface area (Å²) in [5.74, 6) is 0.246. The van der Waals surface area contributed by atoms with Gasteiger partial charge < -0.3 is 15.3 Å². The number of hydrogen-bond acceptors (Lipinski definition) is 3. The van der Waals surface area contributed by atoms with E-state index in [0.29, 0.717) is 18.4 Å². The first kappa shape index (κ1) is 9.86. The van der Waals surface area contributed by atoms with E-state index < -0.39 is 0 Å². The minimum Gasteiger partial charge on any atom is -0.508 e. The maximum absolute atomic E-state index is 9.37. The summed E-state index contributed by atoms with van der Waals surface area (Å²) in [4.78, 5) is 0. The molecule has 0 aliphatic rings. The molecule has 1 aromatic carbocycles. The smallest absolute Gasteiger partial charge is 0.122 e. The Bertz CT molecular complexity index is 251. The van der Waals surface area contributed by atoms with E-state index >= 15 is 0 Å². The van der Waals surface area contributed by atoms with Crippen LogP contribution in [-0.2, 0) is 6.42 Å². The average molecular weight is 182 g/mol. The summed E-state index contributed by atoms with van der Waals surface area (Å²) in [6.45, 7) is 0.147. The van der Waals surface area contributed by atoms with Crippen molar-refractivity contribution in [3.05, 3.63) is 23.8 Å². The third-order valence-electron chi connectivity index (χ3n) is 1.96. The van der Waals surface area contributed by atoms with Crippen LogP contribution in [0.4, 0.5) is 0 Å². The Morgan fingerprint density at radius 1 is 1.00 bits per heavy atom. The van der Waals surface area contributed by atoms with Crippen LogP contribution in [0.5, 0.6) is 11.5 Å². The molecule has 1 rings (SSSR count). The number of hydrogen-bond donors (Lipinski definition) is 3. The van der Waals surface area contributed by atoms with E-state index in [1.165, 1.54) is 0 Å². The molecule has 0 aliphatic carbocycles. The predicted molar refractivity (Wildman–Crippen MR) is 49.8 cm³/mol. The molecule has 0 atom stereocenters. The van der Waals surface area contributed by atoms with Crippen molar-refractivity contribution >= 4 is 0 Å². The summed E-state index contributed by atoms with van der Waals surface area (Å²) >= 11 is 0. The molecule has 0 unspecified atom stereocenters. The highest BCUT2D eigenvalue weighted by atomic mass is 16.3. The number of aliphatic hydroxyl groups is 1. The van der Waals surface area contributed by atoms with Crippen molar-refractivity contribution in [3.8, 4) is 11.5 Å². The molecule has 3 heteroatoms. The van der Waals surface area contributed by atoms with E-state index in [0.717, 1.165) is 6.42 Å². The maximum atomic E-state index is 9.37. The average Bonchev–Trinajstić information content (AvgIpc) is 2.10. The topological polar surface area (TPSA) is 60.7 Å².